The molecule has 4 aromatic heterocycles. The molecule has 0 unspecified atom stereocenters. The van der Waals surface area contributed by atoms with Gasteiger partial charge >= 0.3 is 0 Å². The third kappa shape index (κ3) is 5.57. The van der Waals surface area contributed by atoms with Crippen molar-refractivity contribution in [3.05, 3.63) is 96.6 Å². The molecule has 27 heavy (non-hydrogen) atoms. The van der Waals surface area contributed by atoms with E-state index in [9.17, 15) is 4.79 Å². The van der Waals surface area contributed by atoms with Crippen molar-refractivity contribution >= 4 is 18.7 Å². The smallest absolute Gasteiger partial charge is 0.197 e. The molecule has 0 saturated carbocycles. The van der Waals surface area contributed by atoms with Gasteiger partial charge in [-0.05, 0) is 48.5 Å². The molecule has 0 N–H and O–H groups in total. The fourth-order valence-corrected chi connectivity index (χ4v) is 2.00. The summed E-state index contributed by atoms with van der Waals surface area (Å²) in [5, 5.41) is 0. The van der Waals surface area contributed by atoms with Gasteiger partial charge in [-0.15, -0.1) is 0 Å². The summed E-state index contributed by atoms with van der Waals surface area (Å²) in [6.07, 6.45) is 9.67. The maximum atomic E-state index is 9.77. The predicted molar refractivity (Wildman–Crippen MR) is 98.1 cm³/mol. The summed E-state index contributed by atoms with van der Waals surface area (Å²) >= 11 is 0. The summed E-state index contributed by atoms with van der Waals surface area (Å²) < 4.78 is 20.4. The largest absolute Gasteiger partial charge is 0.465 e. The Hall–Kier alpha value is -3.87. The van der Waals surface area contributed by atoms with Gasteiger partial charge in [-0.25, -0.2) is 0 Å². The van der Waals surface area contributed by atoms with Crippen molar-refractivity contribution in [2.45, 2.75) is 6.17 Å². The van der Waals surface area contributed by atoms with Gasteiger partial charge in [0.05, 0.1) is 37.5 Å². The van der Waals surface area contributed by atoms with Crippen LogP contribution in [0, 0.1) is 0 Å². The second kappa shape index (κ2) is 9.57. The molecule has 0 fully saturated rings. The minimum atomic E-state index is -0.472. The SMILES string of the molecule is C(=N\C(/N=C/c1ccco1)c1ccco1)/c1ccco1.O=Cc1ccco1. The number of rotatable bonds is 6. The summed E-state index contributed by atoms with van der Waals surface area (Å²) in [6, 6.07) is 14.1. The molecule has 0 aliphatic rings. The zero-order chi connectivity index (χ0) is 18.7. The Morgan fingerprint density at radius 3 is 1.52 bits per heavy atom. The van der Waals surface area contributed by atoms with Gasteiger partial charge in [-0.1, -0.05) is 0 Å². The number of carbonyl (C=O) groups is 1. The van der Waals surface area contributed by atoms with Gasteiger partial charge in [0.2, 0.25) is 0 Å². The van der Waals surface area contributed by atoms with E-state index in [1.807, 2.05) is 18.2 Å². The maximum Gasteiger partial charge on any atom is 0.197 e. The van der Waals surface area contributed by atoms with Gasteiger partial charge in [0.15, 0.2) is 18.2 Å². The lowest BCUT2D eigenvalue weighted by Crippen LogP contribution is -1.92. The van der Waals surface area contributed by atoms with Gasteiger partial charge < -0.3 is 17.7 Å². The van der Waals surface area contributed by atoms with Gasteiger partial charge in [-0.2, -0.15) is 0 Å². The number of furan rings is 4. The predicted octanol–water partition coefficient (Wildman–Crippen LogP) is 4.79. The van der Waals surface area contributed by atoms with Crippen LogP contribution in [0.5, 0.6) is 0 Å². The number of nitrogens with zero attached hydrogens (tertiary/aromatic N) is 2. The molecule has 0 aliphatic carbocycles. The normalized spacial score (nSPS) is 11.1. The number of carbonyl (C=O) groups excluding carboxylic acids is 1. The molecule has 0 aliphatic heterocycles. The molecule has 0 spiro atoms. The lowest BCUT2D eigenvalue weighted by molar-refractivity contribution is 0.110. The third-order valence-corrected chi connectivity index (χ3v) is 3.23. The van der Waals surface area contributed by atoms with Crippen molar-refractivity contribution in [1.82, 2.24) is 0 Å². The first-order valence-electron chi connectivity index (χ1n) is 8.00. The summed E-state index contributed by atoms with van der Waals surface area (Å²) in [5.41, 5.74) is 0. The van der Waals surface area contributed by atoms with Crippen molar-refractivity contribution in [3.63, 3.8) is 0 Å². The molecule has 0 saturated heterocycles. The molecular weight excluding hydrogens is 348 g/mol. The van der Waals surface area contributed by atoms with Crippen LogP contribution in [-0.4, -0.2) is 18.7 Å². The quantitative estimate of drug-likeness (QED) is 0.362. The molecule has 4 rings (SSSR count). The highest BCUT2D eigenvalue weighted by atomic mass is 16.3. The average Bonchev–Trinajstić information content (AvgIpc) is 3.52. The highest BCUT2D eigenvalue weighted by Crippen LogP contribution is 2.19. The van der Waals surface area contributed by atoms with Gasteiger partial charge in [-0.3, -0.25) is 14.8 Å². The van der Waals surface area contributed by atoms with E-state index in [2.05, 4.69) is 14.4 Å². The van der Waals surface area contributed by atoms with Crippen molar-refractivity contribution in [2.75, 3.05) is 0 Å². The Bertz CT molecular complexity index is 890. The van der Waals surface area contributed by atoms with Crippen LogP contribution in [0.2, 0.25) is 0 Å². The molecule has 136 valence electrons. The fourth-order valence-electron chi connectivity index (χ4n) is 2.00. The molecule has 0 atom stereocenters. The number of aldehydes is 1. The van der Waals surface area contributed by atoms with E-state index in [-0.39, 0.29) is 0 Å². The van der Waals surface area contributed by atoms with Crippen molar-refractivity contribution in [3.8, 4) is 0 Å². The molecule has 7 heteroatoms. The minimum Gasteiger partial charge on any atom is -0.465 e. The summed E-state index contributed by atoms with van der Waals surface area (Å²) in [7, 11) is 0. The van der Waals surface area contributed by atoms with E-state index in [4.69, 9.17) is 13.3 Å². The number of hydrogen-bond donors (Lipinski definition) is 0. The first-order valence-corrected chi connectivity index (χ1v) is 8.00. The van der Waals surface area contributed by atoms with Crippen LogP contribution in [0.4, 0.5) is 0 Å². The molecule has 0 radical (unpaired) electrons. The van der Waals surface area contributed by atoms with Gasteiger partial charge in [0, 0.05) is 0 Å². The lowest BCUT2D eigenvalue weighted by atomic mass is 10.3. The zero-order valence-corrected chi connectivity index (χ0v) is 14.2. The van der Waals surface area contributed by atoms with E-state index in [1.54, 1.807) is 61.6 Å². The molecule has 0 aromatic carbocycles. The highest BCUT2D eigenvalue weighted by Gasteiger charge is 2.10. The van der Waals surface area contributed by atoms with Crippen LogP contribution in [-0.2, 0) is 0 Å². The van der Waals surface area contributed by atoms with E-state index >= 15 is 0 Å². The minimum absolute atomic E-state index is 0.375. The number of hydrogen-bond acceptors (Lipinski definition) is 7. The Labute approximate surface area is 154 Å². The number of aliphatic imine (C=N–C) groups is 2. The van der Waals surface area contributed by atoms with Crippen LogP contribution in [0.1, 0.15) is 34.0 Å². The second-order valence-corrected chi connectivity index (χ2v) is 5.11. The summed E-state index contributed by atoms with van der Waals surface area (Å²) in [6.45, 7) is 0. The van der Waals surface area contributed by atoms with Crippen LogP contribution in [0.15, 0.2) is 101 Å². The van der Waals surface area contributed by atoms with Crippen LogP contribution < -0.4 is 0 Å². The molecule has 4 aromatic rings. The Morgan fingerprint density at radius 1 is 0.667 bits per heavy atom. The van der Waals surface area contributed by atoms with E-state index in [0.29, 0.717) is 29.3 Å². The Balaban J connectivity index is 0.000000253. The fraction of sp³-hybridized carbons (Fsp3) is 0.0500. The Kier molecular flexibility index (Phi) is 6.36. The van der Waals surface area contributed by atoms with Gasteiger partial charge in [0.25, 0.3) is 0 Å². The van der Waals surface area contributed by atoms with Gasteiger partial charge in [0.1, 0.15) is 17.3 Å². The van der Waals surface area contributed by atoms with Crippen molar-refractivity contribution < 1.29 is 22.5 Å². The van der Waals surface area contributed by atoms with Crippen LogP contribution >= 0.6 is 0 Å². The molecular formula is C20H16N2O5. The second-order valence-electron chi connectivity index (χ2n) is 5.11. The standard InChI is InChI=1S/C15H12N2O3.C5H4O2/c1-4-12(18-7-1)10-16-15(14-6-3-9-20-14)17-11-13-5-2-8-19-13;6-4-5-2-1-3-7-5/h1-11,15H;1-4H/b16-10+,17-11+;. The average molecular weight is 364 g/mol. The summed E-state index contributed by atoms with van der Waals surface area (Å²) in [4.78, 5) is 18.5. The van der Waals surface area contributed by atoms with Crippen molar-refractivity contribution in [1.29, 1.82) is 0 Å². The van der Waals surface area contributed by atoms with Crippen LogP contribution in [0.25, 0.3) is 0 Å². The molecule has 4 heterocycles. The first-order chi connectivity index (χ1) is 13.3. The topological polar surface area (TPSA) is 94.4 Å². The highest BCUT2D eigenvalue weighted by molar-refractivity contribution is 5.77. The monoisotopic (exact) mass is 364 g/mol. The Morgan fingerprint density at radius 2 is 1.15 bits per heavy atom. The first kappa shape index (κ1) is 17.9. The van der Waals surface area contributed by atoms with Crippen LogP contribution in [0.3, 0.4) is 0 Å². The molecule has 0 bridgehead atoms. The maximum absolute atomic E-state index is 9.77. The van der Waals surface area contributed by atoms with E-state index in [0.717, 1.165) is 0 Å². The van der Waals surface area contributed by atoms with E-state index in [1.165, 1.54) is 6.26 Å². The molecule has 0 amide bonds. The molecule has 7 nitrogen and oxygen atoms in total. The zero-order valence-electron chi connectivity index (χ0n) is 14.2. The van der Waals surface area contributed by atoms with E-state index < -0.39 is 6.17 Å². The summed E-state index contributed by atoms with van der Waals surface area (Å²) in [5.74, 6) is 2.35. The third-order valence-electron chi connectivity index (χ3n) is 3.23. The van der Waals surface area contributed by atoms with Crippen molar-refractivity contribution in [2.24, 2.45) is 9.98 Å². The lowest BCUT2D eigenvalue weighted by Gasteiger charge is -2.02.